The Morgan fingerprint density at radius 2 is 1.76 bits per heavy atom. The summed E-state index contributed by atoms with van der Waals surface area (Å²) in [6, 6.07) is 15.7. The van der Waals surface area contributed by atoms with Crippen LogP contribution in [0.1, 0.15) is 54.9 Å². The quantitative estimate of drug-likeness (QED) is 0.512. The Morgan fingerprint density at radius 1 is 1.03 bits per heavy atom. The highest BCUT2D eigenvalue weighted by molar-refractivity contribution is 7.19. The second kappa shape index (κ2) is 8.78. The SMILES string of the molecule is CCOC(=O)CCc1cc2cc(NC(=O)c3ccc(C(C)(C)C)cc3)ccc2s1. The Labute approximate surface area is 175 Å². The van der Waals surface area contributed by atoms with E-state index in [2.05, 4.69) is 32.2 Å². The zero-order valence-electron chi connectivity index (χ0n) is 17.4. The van der Waals surface area contributed by atoms with Crippen molar-refractivity contribution < 1.29 is 14.3 Å². The molecule has 1 aromatic heterocycles. The van der Waals surface area contributed by atoms with Gasteiger partial charge < -0.3 is 10.1 Å². The lowest BCUT2D eigenvalue weighted by Crippen LogP contribution is -2.14. The molecule has 0 aliphatic rings. The van der Waals surface area contributed by atoms with E-state index in [1.807, 2.05) is 49.4 Å². The fraction of sp³-hybridized carbons (Fsp3) is 0.333. The van der Waals surface area contributed by atoms with E-state index in [4.69, 9.17) is 4.74 Å². The first kappa shape index (κ1) is 21.1. The number of fused-ring (bicyclic) bond motifs is 1. The fourth-order valence-electron chi connectivity index (χ4n) is 3.08. The van der Waals surface area contributed by atoms with Crippen LogP contribution in [-0.2, 0) is 21.4 Å². The molecule has 3 aromatic rings. The number of amides is 1. The topological polar surface area (TPSA) is 55.4 Å². The van der Waals surface area contributed by atoms with Crippen molar-refractivity contribution in [1.29, 1.82) is 0 Å². The maximum absolute atomic E-state index is 12.6. The monoisotopic (exact) mass is 409 g/mol. The molecule has 152 valence electrons. The number of anilines is 1. The van der Waals surface area contributed by atoms with E-state index in [9.17, 15) is 9.59 Å². The van der Waals surface area contributed by atoms with E-state index in [0.29, 0.717) is 25.0 Å². The maximum atomic E-state index is 12.6. The largest absolute Gasteiger partial charge is 0.466 e. The highest BCUT2D eigenvalue weighted by atomic mass is 32.1. The first-order chi connectivity index (χ1) is 13.8. The molecule has 1 heterocycles. The molecule has 3 rings (SSSR count). The Balaban J connectivity index is 1.68. The van der Waals surface area contributed by atoms with Crippen LogP contribution in [0.5, 0.6) is 0 Å². The summed E-state index contributed by atoms with van der Waals surface area (Å²) in [7, 11) is 0. The van der Waals surface area contributed by atoms with Crippen LogP contribution in [-0.4, -0.2) is 18.5 Å². The van der Waals surface area contributed by atoms with Crippen molar-refractivity contribution in [2.75, 3.05) is 11.9 Å². The van der Waals surface area contributed by atoms with E-state index in [0.717, 1.165) is 20.7 Å². The van der Waals surface area contributed by atoms with Gasteiger partial charge in [0.05, 0.1) is 13.0 Å². The van der Waals surface area contributed by atoms with Gasteiger partial charge in [-0.25, -0.2) is 0 Å². The molecule has 0 unspecified atom stereocenters. The minimum absolute atomic E-state index is 0.0595. The molecular weight excluding hydrogens is 382 g/mol. The predicted octanol–water partition coefficient (Wildman–Crippen LogP) is 5.95. The van der Waals surface area contributed by atoms with Crippen LogP contribution in [0.3, 0.4) is 0 Å². The van der Waals surface area contributed by atoms with Gasteiger partial charge in [-0.05, 0) is 66.1 Å². The number of hydrogen-bond acceptors (Lipinski definition) is 4. The highest BCUT2D eigenvalue weighted by Gasteiger charge is 2.14. The third-order valence-electron chi connectivity index (χ3n) is 4.72. The lowest BCUT2D eigenvalue weighted by atomic mass is 9.87. The van der Waals surface area contributed by atoms with Crippen LogP contribution in [0.25, 0.3) is 10.1 Å². The molecule has 0 atom stereocenters. The van der Waals surface area contributed by atoms with Crippen LogP contribution in [0.2, 0.25) is 0 Å². The molecule has 0 radical (unpaired) electrons. The highest BCUT2D eigenvalue weighted by Crippen LogP contribution is 2.29. The summed E-state index contributed by atoms with van der Waals surface area (Å²) in [6.45, 7) is 8.68. The van der Waals surface area contributed by atoms with Gasteiger partial charge in [-0.15, -0.1) is 11.3 Å². The summed E-state index contributed by atoms with van der Waals surface area (Å²) in [6.07, 6.45) is 1.05. The Kier molecular flexibility index (Phi) is 6.38. The number of benzene rings is 2. The van der Waals surface area contributed by atoms with E-state index in [1.165, 1.54) is 5.56 Å². The molecule has 0 aliphatic carbocycles. The third kappa shape index (κ3) is 5.45. The normalized spacial score (nSPS) is 11.4. The molecule has 2 aromatic carbocycles. The number of aryl methyl sites for hydroxylation is 1. The van der Waals surface area contributed by atoms with Gasteiger partial charge in [0.2, 0.25) is 0 Å². The molecule has 0 saturated carbocycles. The second-order valence-electron chi connectivity index (χ2n) is 8.05. The van der Waals surface area contributed by atoms with E-state index < -0.39 is 0 Å². The van der Waals surface area contributed by atoms with Crippen molar-refractivity contribution in [2.24, 2.45) is 0 Å². The van der Waals surface area contributed by atoms with Gasteiger partial charge >= 0.3 is 5.97 Å². The van der Waals surface area contributed by atoms with Crippen LogP contribution >= 0.6 is 11.3 Å². The first-order valence-electron chi connectivity index (χ1n) is 9.86. The zero-order valence-corrected chi connectivity index (χ0v) is 18.2. The molecule has 1 N–H and O–H groups in total. The minimum atomic E-state index is -0.171. The molecule has 29 heavy (non-hydrogen) atoms. The van der Waals surface area contributed by atoms with Crippen LogP contribution in [0, 0.1) is 0 Å². The fourth-order valence-corrected chi connectivity index (χ4v) is 4.13. The van der Waals surface area contributed by atoms with Crippen molar-refractivity contribution >= 4 is 39.0 Å². The van der Waals surface area contributed by atoms with Crippen molar-refractivity contribution in [3.05, 3.63) is 64.5 Å². The Hall–Kier alpha value is -2.66. The van der Waals surface area contributed by atoms with Gasteiger partial charge in [0.1, 0.15) is 0 Å². The van der Waals surface area contributed by atoms with Crippen molar-refractivity contribution in [1.82, 2.24) is 0 Å². The summed E-state index contributed by atoms with van der Waals surface area (Å²) in [5.74, 6) is -0.294. The van der Waals surface area contributed by atoms with Crippen molar-refractivity contribution in [3.8, 4) is 0 Å². The molecule has 0 bridgehead atoms. The lowest BCUT2D eigenvalue weighted by molar-refractivity contribution is -0.143. The molecule has 0 aliphatic heterocycles. The molecule has 0 fully saturated rings. The first-order valence-corrected chi connectivity index (χ1v) is 10.7. The van der Waals surface area contributed by atoms with E-state index in [-0.39, 0.29) is 17.3 Å². The number of nitrogens with one attached hydrogen (secondary N) is 1. The standard InChI is InChI=1S/C24H27NO3S/c1-5-28-22(26)13-11-20-15-17-14-19(10-12-21(17)29-20)25-23(27)16-6-8-18(9-7-16)24(2,3)4/h6-10,12,14-15H,5,11,13H2,1-4H3,(H,25,27). The molecule has 1 amide bonds. The molecule has 5 heteroatoms. The number of carbonyl (C=O) groups excluding carboxylic acids is 2. The zero-order chi connectivity index (χ0) is 21.0. The van der Waals surface area contributed by atoms with E-state index in [1.54, 1.807) is 11.3 Å². The van der Waals surface area contributed by atoms with Crippen molar-refractivity contribution in [2.45, 2.75) is 46.0 Å². The van der Waals surface area contributed by atoms with Gasteiger partial charge in [-0.3, -0.25) is 9.59 Å². The second-order valence-corrected chi connectivity index (χ2v) is 9.22. The average molecular weight is 410 g/mol. The smallest absolute Gasteiger partial charge is 0.306 e. The van der Waals surface area contributed by atoms with Crippen LogP contribution < -0.4 is 5.32 Å². The predicted molar refractivity (Wildman–Crippen MR) is 120 cm³/mol. The van der Waals surface area contributed by atoms with Gasteiger partial charge in [0.15, 0.2) is 0 Å². The van der Waals surface area contributed by atoms with Gasteiger partial charge in [0, 0.05) is 20.8 Å². The third-order valence-corrected chi connectivity index (χ3v) is 5.90. The van der Waals surface area contributed by atoms with Gasteiger partial charge in [-0.2, -0.15) is 0 Å². The number of thiophene rings is 1. The van der Waals surface area contributed by atoms with Crippen LogP contribution in [0.15, 0.2) is 48.5 Å². The Morgan fingerprint density at radius 3 is 2.41 bits per heavy atom. The molecule has 0 saturated heterocycles. The van der Waals surface area contributed by atoms with E-state index >= 15 is 0 Å². The number of ether oxygens (including phenoxy) is 1. The number of rotatable bonds is 6. The maximum Gasteiger partial charge on any atom is 0.306 e. The van der Waals surface area contributed by atoms with Crippen molar-refractivity contribution in [3.63, 3.8) is 0 Å². The lowest BCUT2D eigenvalue weighted by Gasteiger charge is -2.19. The molecular formula is C24H27NO3S. The Bertz CT molecular complexity index is 1010. The number of hydrogen-bond donors (Lipinski definition) is 1. The summed E-state index contributed by atoms with van der Waals surface area (Å²) < 4.78 is 6.12. The average Bonchev–Trinajstić information content (AvgIpc) is 3.08. The minimum Gasteiger partial charge on any atom is -0.466 e. The summed E-state index contributed by atoms with van der Waals surface area (Å²) >= 11 is 1.66. The molecule has 4 nitrogen and oxygen atoms in total. The van der Waals surface area contributed by atoms with Crippen LogP contribution in [0.4, 0.5) is 5.69 Å². The summed E-state index contributed by atoms with van der Waals surface area (Å²) in [5.41, 5.74) is 2.66. The summed E-state index contributed by atoms with van der Waals surface area (Å²) in [4.78, 5) is 25.3. The summed E-state index contributed by atoms with van der Waals surface area (Å²) in [5, 5.41) is 4.04. The molecule has 0 spiro atoms. The van der Waals surface area contributed by atoms with Gasteiger partial charge in [-0.1, -0.05) is 32.9 Å². The van der Waals surface area contributed by atoms with Gasteiger partial charge in [0.25, 0.3) is 5.91 Å². The number of esters is 1. The number of carbonyl (C=O) groups is 2.